The maximum atomic E-state index is 6.07. The Morgan fingerprint density at radius 3 is 2.11 bits per heavy atom. The molecular weight excluding hydrogens is 466 g/mol. The van der Waals surface area contributed by atoms with E-state index in [-0.39, 0.29) is 0 Å². The molecule has 4 rings (SSSR count). The van der Waals surface area contributed by atoms with Gasteiger partial charge in [0, 0.05) is 25.3 Å². The molecule has 27 heavy (non-hydrogen) atoms. The first-order chi connectivity index (χ1) is 13.2. The highest BCUT2D eigenvalue weighted by atomic mass is 79.9. The smallest absolute Gasteiger partial charge is 0.124 e. The first kappa shape index (κ1) is 18.6. The third-order valence-electron chi connectivity index (χ3n) is 4.85. The van der Waals surface area contributed by atoms with E-state index in [9.17, 15) is 0 Å². The molecule has 1 aromatic heterocycles. The molecule has 4 heteroatoms. The van der Waals surface area contributed by atoms with Crippen LogP contribution in [0, 0.1) is 0 Å². The third kappa shape index (κ3) is 3.78. The lowest BCUT2D eigenvalue weighted by molar-refractivity contribution is 0.306. The van der Waals surface area contributed by atoms with Crippen molar-refractivity contribution in [3.05, 3.63) is 75.2 Å². The number of fused-ring (bicyclic) bond motifs is 3. The van der Waals surface area contributed by atoms with Crippen molar-refractivity contribution >= 4 is 53.7 Å². The van der Waals surface area contributed by atoms with Crippen LogP contribution in [0.25, 0.3) is 21.8 Å². The van der Waals surface area contributed by atoms with E-state index in [0.717, 1.165) is 40.7 Å². The lowest BCUT2D eigenvalue weighted by Crippen LogP contribution is -2.04. The van der Waals surface area contributed by atoms with Gasteiger partial charge in [-0.15, -0.1) is 0 Å². The number of ether oxygens (including phenoxy) is 1. The summed E-state index contributed by atoms with van der Waals surface area (Å²) in [5, 5.41) is 2.54. The topological polar surface area (TPSA) is 14.2 Å². The van der Waals surface area contributed by atoms with Crippen molar-refractivity contribution in [3.63, 3.8) is 0 Å². The van der Waals surface area contributed by atoms with Gasteiger partial charge in [-0.2, -0.15) is 0 Å². The minimum absolute atomic E-state index is 0.762. The van der Waals surface area contributed by atoms with Crippen LogP contribution in [0.3, 0.4) is 0 Å². The van der Waals surface area contributed by atoms with Gasteiger partial charge in [0.2, 0.25) is 0 Å². The van der Waals surface area contributed by atoms with Crippen LogP contribution in [0.5, 0.6) is 5.75 Å². The zero-order chi connectivity index (χ0) is 18.8. The molecule has 2 nitrogen and oxygen atoms in total. The summed E-state index contributed by atoms with van der Waals surface area (Å²) in [4.78, 5) is 0. The molecule has 1 heterocycles. The van der Waals surface area contributed by atoms with Crippen molar-refractivity contribution in [2.75, 3.05) is 6.61 Å². The molecule has 0 N–H and O–H groups in total. The van der Waals surface area contributed by atoms with Crippen molar-refractivity contribution in [3.8, 4) is 5.75 Å². The van der Waals surface area contributed by atoms with Crippen LogP contribution in [-0.4, -0.2) is 11.2 Å². The van der Waals surface area contributed by atoms with Crippen molar-refractivity contribution in [1.82, 2.24) is 4.57 Å². The van der Waals surface area contributed by atoms with Gasteiger partial charge in [0.15, 0.2) is 0 Å². The lowest BCUT2D eigenvalue weighted by Gasteiger charge is -2.14. The fourth-order valence-corrected chi connectivity index (χ4v) is 4.18. The third-order valence-corrected chi connectivity index (χ3v) is 5.83. The standard InChI is InChI=1S/C23H21Br2NO/c1-2-3-12-27-23-7-5-4-6-16(23)15-26-21-13-17(24)8-10-19(21)20-11-9-18(25)14-22(20)26/h4-11,13-14H,2-3,12,15H2,1H3. The first-order valence-corrected chi connectivity index (χ1v) is 10.8. The van der Waals surface area contributed by atoms with E-state index in [4.69, 9.17) is 4.74 Å². The number of hydrogen-bond acceptors (Lipinski definition) is 1. The molecule has 0 unspecified atom stereocenters. The minimum atomic E-state index is 0.762. The Morgan fingerprint density at radius 1 is 0.852 bits per heavy atom. The highest BCUT2D eigenvalue weighted by Gasteiger charge is 2.13. The van der Waals surface area contributed by atoms with Crippen LogP contribution >= 0.6 is 31.9 Å². The zero-order valence-corrected chi connectivity index (χ0v) is 18.4. The fourth-order valence-electron chi connectivity index (χ4n) is 3.48. The highest BCUT2D eigenvalue weighted by molar-refractivity contribution is 9.10. The average Bonchev–Trinajstić information content (AvgIpc) is 2.95. The molecule has 3 aromatic carbocycles. The summed E-state index contributed by atoms with van der Waals surface area (Å²) in [5.74, 6) is 0.978. The number of benzene rings is 3. The van der Waals surface area contributed by atoms with E-state index in [0.29, 0.717) is 0 Å². The van der Waals surface area contributed by atoms with Gasteiger partial charge in [-0.3, -0.25) is 0 Å². The van der Waals surface area contributed by atoms with Crippen LogP contribution in [-0.2, 0) is 6.54 Å². The first-order valence-electron chi connectivity index (χ1n) is 9.25. The van der Waals surface area contributed by atoms with Crippen LogP contribution in [0.4, 0.5) is 0 Å². The van der Waals surface area contributed by atoms with E-state index < -0.39 is 0 Å². The second-order valence-corrected chi connectivity index (χ2v) is 8.55. The van der Waals surface area contributed by atoms with Crippen LogP contribution < -0.4 is 4.74 Å². The highest BCUT2D eigenvalue weighted by Crippen LogP contribution is 2.34. The number of unbranched alkanes of at least 4 members (excludes halogenated alkanes) is 1. The summed E-state index contributed by atoms with van der Waals surface area (Å²) in [7, 11) is 0. The molecule has 0 fully saturated rings. The number of hydrogen-bond donors (Lipinski definition) is 0. The fraction of sp³-hybridized carbons (Fsp3) is 0.217. The quantitative estimate of drug-likeness (QED) is 0.256. The number of halogens is 2. The van der Waals surface area contributed by atoms with Gasteiger partial charge < -0.3 is 9.30 Å². The SMILES string of the molecule is CCCCOc1ccccc1Cn1c2cc(Br)ccc2c2ccc(Br)cc21. The molecule has 0 saturated heterocycles. The van der Waals surface area contributed by atoms with Gasteiger partial charge in [0.25, 0.3) is 0 Å². The summed E-state index contributed by atoms with van der Waals surface area (Å²) in [6, 6.07) is 21.4. The van der Waals surface area contributed by atoms with Crippen molar-refractivity contribution in [2.24, 2.45) is 0 Å². The second-order valence-electron chi connectivity index (χ2n) is 6.72. The Balaban J connectivity index is 1.84. The van der Waals surface area contributed by atoms with Gasteiger partial charge >= 0.3 is 0 Å². The van der Waals surface area contributed by atoms with Gasteiger partial charge in [0.05, 0.1) is 24.2 Å². The van der Waals surface area contributed by atoms with Gasteiger partial charge in [-0.05, 0) is 36.8 Å². The Kier molecular flexibility index (Phi) is 5.55. The molecular formula is C23H21Br2NO. The molecule has 0 aliphatic carbocycles. The van der Waals surface area contributed by atoms with Crippen molar-refractivity contribution in [1.29, 1.82) is 0 Å². The number of rotatable bonds is 6. The molecule has 0 aliphatic heterocycles. The molecule has 0 amide bonds. The van der Waals surface area contributed by atoms with Gasteiger partial charge in [0.1, 0.15) is 5.75 Å². The van der Waals surface area contributed by atoms with Crippen LogP contribution in [0.1, 0.15) is 25.3 Å². The van der Waals surface area contributed by atoms with E-state index in [1.807, 2.05) is 6.07 Å². The molecule has 0 saturated carbocycles. The van der Waals surface area contributed by atoms with E-state index in [1.54, 1.807) is 0 Å². The zero-order valence-electron chi connectivity index (χ0n) is 15.2. The predicted octanol–water partition coefficient (Wildman–Crippen LogP) is 7.55. The van der Waals surface area contributed by atoms with E-state index in [1.165, 1.54) is 27.4 Å². The molecule has 0 aliphatic rings. The summed E-state index contributed by atoms with van der Waals surface area (Å²) >= 11 is 7.27. The maximum Gasteiger partial charge on any atom is 0.124 e. The van der Waals surface area contributed by atoms with E-state index in [2.05, 4.69) is 97.9 Å². The van der Waals surface area contributed by atoms with Crippen molar-refractivity contribution < 1.29 is 4.74 Å². The minimum Gasteiger partial charge on any atom is -0.493 e. The van der Waals surface area contributed by atoms with E-state index >= 15 is 0 Å². The average molecular weight is 487 g/mol. The molecule has 4 aromatic rings. The Morgan fingerprint density at radius 2 is 1.48 bits per heavy atom. The normalized spacial score (nSPS) is 11.4. The predicted molar refractivity (Wildman–Crippen MR) is 121 cm³/mol. The van der Waals surface area contributed by atoms with Crippen LogP contribution in [0.2, 0.25) is 0 Å². The molecule has 0 bridgehead atoms. The maximum absolute atomic E-state index is 6.07. The summed E-state index contributed by atoms with van der Waals surface area (Å²) in [5.41, 5.74) is 3.65. The van der Waals surface area contributed by atoms with Gasteiger partial charge in [-0.1, -0.05) is 75.5 Å². The van der Waals surface area contributed by atoms with Crippen molar-refractivity contribution in [2.45, 2.75) is 26.3 Å². The Bertz CT molecular complexity index is 1040. The number of para-hydroxylation sites is 1. The second kappa shape index (κ2) is 8.07. The van der Waals surface area contributed by atoms with Crippen LogP contribution in [0.15, 0.2) is 69.6 Å². The van der Waals surface area contributed by atoms with Gasteiger partial charge in [-0.25, -0.2) is 0 Å². The lowest BCUT2D eigenvalue weighted by atomic mass is 10.2. The molecule has 0 radical (unpaired) electrons. The summed E-state index contributed by atoms with van der Waals surface area (Å²) in [6.45, 7) is 3.72. The monoisotopic (exact) mass is 485 g/mol. The largest absolute Gasteiger partial charge is 0.493 e. The Hall–Kier alpha value is -1.78. The summed E-state index contributed by atoms with van der Waals surface area (Å²) < 4.78 is 10.6. The molecule has 138 valence electrons. The number of aromatic nitrogens is 1. The summed E-state index contributed by atoms with van der Waals surface area (Å²) in [6.07, 6.45) is 2.21. The Labute approximate surface area is 176 Å². The number of nitrogens with zero attached hydrogens (tertiary/aromatic N) is 1. The molecule has 0 atom stereocenters. The molecule has 0 spiro atoms.